The minimum absolute atomic E-state index is 0.0738. The number of carbonyl (C=O) groups excluding carboxylic acids is 1. The monoisotopic (exact) mass is 305 g/mol. The molecule has 2 atom stereocenters. The number of amides is 1. The highest BCUT2D eigenvalue weighted by atomic mass is 16.5. The molecule has 2 N–H and O–H groups in total. The molecule has 2 unspecified atom stereocenters. The molecule has 5 heteroatoms. The first-order chi connectivity index (χ1) is 10.6. The summed E-state index contributed by atoms with van der Waals surface area (Å²) >= 11 is 0. The van der Waals surface area contributed by atoms with Gasteiger partial charge in [-0.1, -0.05) is 43.3 Å². The molecule has 1 rings (SSSR count). The number of hydrogen-bond acceptors (Lipinski definition) is 3. The van der Waals surface area contributed by atoms with Crippen LogP contribution in [0, 0.1) is 0 Å². The number of carboxylic acids is 1. The summed E-state index contributed by atoms with van der Waals surface area (Å²) in [7, 11) is 0. The molecule has 22 heavy (non-hydrogen) atoms. The summed E-state index contributed by atoms with van der Waals surface area (Å²) < 4.78 is 5.11. The van der Waals surface area contributed by atoms with Crippen LogP contribution in [-0.4, -0.2) is 36.2 Å². The quantitative estimate of drug-likeness (QED) is 0.514. The zero-order valence-corrected chi connectivity index (χ0v) is 12.8. The van der Waals surface area contributed by atoms with Crippen LogP contribution in [-0.2, 0) is 14.3 Å². The second-order valence-electron chi connectivity index (χ2n) is 5.00. The van der Waals surface area contributed by atoms with Crippen molar-refractivity contribution in [3.63, 3.8) is 0 Å². The Morgan fingerprint density at radius 1 is 1.36 bits per heavy atom. The van der Waals surface area contributed by atoms with Crippen molar-refractivity contribution in [1.29, 1.82) is 0 Å². The Balaban J connectivity index is 2.58. The van der Waals surface area contributed by atoms with E-state index in [1.165, 1.54) is 6.08 Å². The summed E-state index contributed by atoms with van der Waals surface area (Å²) in [6.45, 7) is 5.67. The zero-order chi connectivity index (χ0) is 16.4. The van der Waals surface area contributed by atoms with Gasteiger partial charge >= 0.3 is 5.97 Å². The number of hydrogen-bond donors (Lipinski definition) is 2. The lowest BCUT2D eigenvalue weighted by atomic mass is 9.93. The molecule has 0 aliphatic heterocycles. The fourth-order valence-electron chi connectivity index (χ4n) is 2.14. The van der Waals surface area contributed by atoms with Gasteiger partial charge in [0.2, 0.25) is 5.91 Å². The van der Waals surface area contributed by atoms with Gasteiger partial charge in [0, 0.05) is 6.42 Å². The van der Waals surface area contributed by atoms with Gasteiger partial charge in [0.1, 0.15) is 0 Å². The van der Waals surface area contributed by atoms with Crippen molar-refractivity contribution in [2.75, 3.05) is 13.2 Å². The topological polar surface area (TPSA) is 75.6 Å². The van der Waals surface area contributed by atoms with Gasteiger partial charge in [-0.25, -0.2) is 4.79 Å². The second-order valence-corrected chi connectivity index (χ2v) is 5.00. The molecule has 1 aromatic rings. The van der Waals surface area contributed by atoms with Gasteiger partial charge in [-0.2, -0.15) is 0 Å². The molecule has 0 aliphatic rings. The molecule has 0 bridgehead atoms. The van der Waals surface area contributed by atoms with Crippen LogP contribution in [0.25, 0.3) is 0 Å². The van der Waals surface area contributed by atoms with Crippen molar-refractivity contribution in [2.24, 2.45) is 0 Å². The lowest BCUT2D eigenvalue weighted by molar-refractivity contribution is -0.143. The van der Waals surface area contributed by atoms with Crippen molar-refractivity contribution >= 4 is 11.9 Å². The number of carbonyl (C=O) groups is 2. The summed E-state index contributed by atoms with van der Waals surface area (Å²) in [5.41, 5.74) is 1.08. The van der Waals surface area contributed by atoms with E-state index in [1.807, 2.05) is 37.3 Å². The second kappa shape index (κ2) is 9.73. The predicted octanol–water partition coefficient (Wildman–Crippen LogP) is 2.34. The number of benzene rings is 1. The van der Waals surface area contributed by atoms with Crippen LogP contribution < -0.4 is 5.32 Å². The summed E-state index contributed by atoms with van der Waals surface area (Å²) in [6.07, 6.45) is 2.59. The molecule has 0 heterocycles. The maximum Gasteiger partial charge on any atom is 0.328 e. The van der Waals surface area contributed by atoms with E-state index >= 15 is 0 Å². The normalized spacial score (nSPS) is 13.1. The average Bonchev–Trinajstić information content (AvgIpc) is 2.52. The van der Waals surface area contributed by atoms with Gasteiger partial charge in [0.05, 0.1) is 13.2 Å². The van der Waals surface area contributed by atoms with E-state index in [0.29, 0.717) is 0 Å². The minimum Gasteiger partial charge on any atom is -0.480 e. The highest BCUT2D eigenvalue weighted by Gasteiger charge is 2.22. The van der Waals surface area contributed by atoms with Crippen molar-refractivity contribution in [3.05, 3.63) is 48.6 Å². The molecule has 120 valence electrons. The summed E-state index contributed by atoms with van der Waals surface area (Å²) in [5, 5.41) is 11.6. The number of nitrogens with one attached hydrogen (secondary N) is 1. The van der Waals surface area contributed by atoms with E-state index in [1.54, 1.807) is 0 Å². The zero-order valence-electron chi connectivity index (χ0n) is 12.8. The Morgan fingerprint density at radius 2 is 2.05 bits per heavy atom. The van der Waals surface area contributed by atoms with Gasteiger partial charge in [-0.3, -0.25) is 4.79 Å². The molecule has 0 saturated heterocycles. The molecule has 0 radical (unpaired) electrons. The molecule has 0 saturated carbocycles. The molecule has 1 amide bonds. The Morgan fingerprint density at radius 3 is 2.59 bits per heavy atom. The Labute approximate surface area is 131 Å². The molecule has 5 nitrogen and oxygen atoms in total. The predicted molar refractivity (Wildman–Crippen MR) is 84.7 cm³/mol. The maximum absolute atomic E-state index is 12.1. The molecule has 0 fully saturated rings. The van der Waals surface area contributed by atoms with Crippen LogP contribution in [0.3, 0.4) is 0 Å². The number of carboxylic acid groups (broad SMARTS) is 1. The molecule has 0 aliphatic carbocycles. The lowest BCUT2D eigenvalue weighted by Crippen LogP contribution is -2.44. The first-order valence-corrected chi connectivity index (χ1v) is 7.34. The third-order valence-electron chi connectivity index (χ3n) is 3.35. The van der Waals surface area contributed by atoms with Crippen LogP contribution in [0.1, 0.15) is 31.2 Å². The number of rotatable bonds is 10. The van der Waals surface area contributed by atoms with Gasteiger partial charge in [0.25, 0.3) is 0 Å². The number of aliphatic carboxylic acids is 1. The van der Waals surface area contributed by atoms with E-state index in [0.717, 1.165) is 12.0 Å². The number of ether oxygens (including phenoxy) is 1. The fourth-order valence-corrected chi connectivity index (χ4v) is 2.14. The van der Waals surface area contributed by atoms with Crippen molar-refractivity contribution in [2.45, 2.75) is 31.7 Å². The van der Waals surface area contributed by atoms with Crippen LogP contribution >= 0.6 is 0 Å². The third-order valence-corrected chi connectivity index (χ3v) is 3.35. The first-order valence-electron chi connectivity index (χ1n) is 7.34. The van der Waals surface area contributed by atoms with E-state index in [-0.39, 0.29) is 31.5 Å². The largest absolute Gasteiger partial charge is 0.480 e. The minimum atomic E-state index is -1.11. The van der Waals surface area contributed by atoms with Gasteiger partial charge in [-0.15, -0.1) is 6.58 Å². The van der Waals surface area contributed by atoms with E-state index in [9.17, 15) is 9.59 Å². The van der Waals surface area contributed by atoms with Crippen LogP contribution in [0.2, 0.25) is 0 Å². The SMILES string of the molecule is C=CCOCC(NC(=O)CC(CC)c1ccccc1)C(=O)O. The highest BCUT2D eigenvalue weighted by Crippen LogP contribution is 2.22. The van der Waals surface area contributed by atoms with E-state index < -0.39 is 12.0 Å². The van der Waals surface area contributed by atoms with Crippen LogP contribution in [0.15, 0.2) is 43.0 Å². The lowest BCUT2D eigenvalue weighted by Gasteiger charge is -2.18. The Bertz CT molecular complexity index is 487. The first kappa shape index (κ1) is 17.9. The van der Waals surface area contributed by atoms with Crippen LogP contribution in [0.4, 0.5) is 0 Å². The Kier molecular flexibility index (Phi) is 7.92. The average molecular weight is 305 g/mol. The molecule has 0 spiro atoms. The van der Waals surface area contributed by atoms with Gasteiger partial charge in [0.15, 0.2) is 6.04 Å². The van der Waals surface area contributed by atoms with Gasteiger partial charge in [-0.05, 0) is 17.9 Å². The molecular formula is C17H23NO4. The maximum atomic E-state index is 12.1. The van der Waals surface area contributed by atoms with E-state index in [4.69, 9.17) is 9.84 Å². The third kappa shape index (κ3) is 6.10. The summed E-state index contributed by atoms with van der Waals surface area (Å²) in [5.74, 6) is -1.32. The summed E-state index contributed by atoms with van der Waals surface area (Å²) in [6, 6.07) is 8.69. The summed E-state index contributed by atoms with van der Waals surface area (Å²) in [4.78, 5) is 23.2. The smallest absolute Gasteiger partial charge is 0.328 e. The van der Waals surface area contributed by atoms with Crippen molar-refractivity contribution < 1.29 is 19.4 Å². The fraction of sp³-hybridized carbons (Fsp3) is 0.412. The molecule has 1 aromatic carbocycles. The Hall–Kier alpha value is -2.14. The van der Waals surface area contributed by atoms with Gasteiger partial charge < -0.3 is 15.2 Å². The highest BCUT2D eigenvalue weighted by molar-refractivity contribution is 5.84. The standard InChI is InChI=1S/C17H23NO4/c1-3-10-22-12-15(17(20)21)18-16(19)11-13(4-2)14-8-6-5-7-9-14/h3,5-9,13,15H,1,4,10-12H2,2H3,(H,18,19)(H,20,21). The molecule has 0 aromatic heterocycles. The van der Waals surface area contributed by atoms with E-state index in [2.05, 4.69) is 11.9 Å². The van der Waals surface area contributed by atoms with Crippen molar-refractivity contribution in [1.82, 2.24) is 5.32 Å². The molecular weight excluding hydrogens is 282 g/mol. The van der Waals surface area contributed by atoms with Crippen molar-refractivity contribution in [3.8, 4) is 0 Å². The van der Waals surface area contributed by atoms with Crippen LogP contribution in [0.5, 0.6) is 0 Å².